The van der Waals surface area contributed by atoms with Gasteiger partial charge in [0.1, 0.15) is 22.8 Å². The predicted molar refractivity (Wildman–Crippen MR) is 190 cm³/mol. The Bertz CT molecular complexity index is 1680. The van der Waals surface area contributed by atoms with Crippen LogP contribution < -0.4 is 24.6 Å². The molecule has 0 unspecified atom stereocenters. The Labute approximate surface area is 282 Å². The van der Waals surface area contributed by atoms with E-state index in [-0.39, 0.29) is 0 Å². The van der Waals surface area contributed by atoms with Crippen molar-refractivity contribution in [2.24, 2.45) is 0 Å². The monoisotopic (exact) mass is 705 g/mol. The molecule has 0 atom stereocenters. The molecule has 0 spiro atoms. The molecular weight excluding hydrogens is 666 g/mol. The smallest absolute Gasteiger partial charge is 0.239 e. The van der Waals surface area contributed by atoms with Gasteiger partial charge in [0, 0.05) is 76.2 Å². The molecule has 46 heavy (non-hydrogen) atoms. The Morgan fingerprint density at radius 2 is 1.65 bits per heavy atom. The number of benzene rings is 1. The first-order valence-corrected chi connectivity index (χ1v) is 17.5. The van der Waals surface area contributed by atoms with Gasteiger partial charge in [-0.1, -0.05) is 0 Å². The third-order valence-corrected chi connectivity index (χ3v) is 10.7. The van der Waals surface area contributed by atoms with Crippen LogP contribution in [0.15, 0.2) is 47.3 Å². The number of nitrogens with zero attached hydrogens (tertiary/aromatic N) is 9. The van der Waals surface area contributed by atoms with Gasteiger partial charge < -0.3 is 29.5 Å². The summed E-state index contributed by atoms with van der Waals surface area (Å²) < 4.78 is 8.66. The van der Waals surface area contributed by atoms with Crippen molar-refractivity contribution in [2.75, 3.05) is 80.3 Å². The molecular formula is C32H40BrN11OS. The van der Waals surface area contributed by atoms with Gasteiger partial charge in [0.25, 0.3) is 0 Å². The molecule has 242 valence electrons. The summed E-state index contributed by atoms with van der Waals surface area (Å²) in [6.07, 6.45) is 9.95. The second kappa shape index (κ2) is 13.7. The fourth-order valence-electron chi connectivity index (χ4n) is 6.16. The molecule has 4 aromatic rings. The first-order chi connectivity index (χ1) is 22.4. The van der Waals surface area contributed by atoms with Crippen LogP contribution in [0.2, 0.25) is 0 Å². The summed E-state index contributed by atoms with van der Waals surface area (Å²) in [4.78, 5) is 30.9. The van der Waals surface area contributed by atoms with Gasteiger partial charge in [-0.05, 0) is 84.9 Å². The largest absolute Gasteiger partial charge is 0.479 e. The Kier molecular flexibility index (Phi) is 9.29. The number of methoxy groups -OCH3 is 1. The zero-order valence-electron chi connectivity index (χ0n) is 26.5. The molecule has 3 fully saturated rings. The summed E-state index contributed by atoms with van der Waals surface area (Å²) in [7, 11) is 5.94. The zero-order valence-corrected chi connectivity index (χ0v) is 28.9. The third-order valence-electron chi connectivity index (χ3n) is 8.89. The zero-order chi connectivity index (χ0) is 31.6. The lowest BCUT2D eigenvalue weighted by molar-refractivity contribution is 0.0981. The van der Waals surface area contributed by atoms with Gasteiger partial charge in [0.2, 0.25) is 11.8 Å². The quantitative estimate of drug-likeness (QED) is 0.202. The van der Waals surface area contributed by atoms with Crippen molar-refractivity contribution < 1.29 is 4.74 Å². The maximum absolute atomic E-state index is 5.73. The van der Waals surface area contributed by atoms with Crippen molar-refractivity contribution in [3.05, 3.63) is 47.3 Å². The van der Waals surface area contributed by atoms with E-state index in [0.717, 1.165) is 84.8 Å². The van der Waals surface area contributed by atoms with Crippen LogP contribution in [0.3, 0.4) is 0 Å². The highest BCUT2D eigenvalue weighted by Crippen LogP contribution is 2.43. The number of fused-ring (bicyclic) bond motifs is 1. The number of hydrogen-bond acceptors (Lipinski definition) is 13. The maximum atomic E-state index is 5.73. The number of ether oxygens (including phenoxy) is 1. The molecule has 0 amide bonds. The van der Waals surface area contributed by atoms with Gasteiger partial charge in [0.05, 0.1) is 28.5 Å². The second-order valence-electron chi connectivity index (χ2n) is 12.1. The fraction of sp³-hybridized carbons (Fsp3) is 0.469. The van der Waals surface area contributed by atoms with Crippen LogP contribution in [-0.2, 0) is 0 Å². The van der Waals surface area contributed by atoms with Crippen molar-refractivity contribution in [3.8, 4) is 5.88 Å². The fourth-order valence-corrected chi connectivity index (χ4v) is 7.53. The van der Waals surface area contributed by atoms with Gasteiger partial charge in [-0.3, -0.25) is 14.9 Å². The second-order valence-corrected chi connectivity index (χ2v) is 14.4. The summed E-state index contributed by atoms with van der Waals surface area (Å²) in [5.74, 6) is 2.49. The minimum Gasteiger partial charge on any atom is -0.479 e. The van der Waals surface area contributed by atoms with Crippen LogP contribution in [0, 0.1) is 0 Å². The molecule has 5 heterocycles. The predicted octanol–water partition coefficient (Wildman–Crippen LogP) is 5.54. The van der Waals surface area contributed by atoms with E-state index in [1.54, 1.807) is 25.7 Å². The van der Waals surface area contributed by atoms with Crippen LogP contribution in [0.4, 0.5) is 34.6 Å². The molecule has 0 radical (unpaired) electrons. The molecule has 1 aromatic carbocycles. The summed E-state index contributed by atoms with van der Waals surface area (Å²) >= 11 is 5.47. The minimum atomic E-state index is 0.425. The Hall–Kier alpha value is -3.46. The highest BCUT2D eigenvalue weighted by Gasteiger charge is 2.28. The number of hydrogen-bond donors (Lipinski definition) is 2. The van der Waals surface area contributed by atoms with Crippen molar-refractivity contribution in [1.82, 2.24) is 34.7 Å². The lowest BCUT2D eigenvalue weighted by Crippen LogP contribution is -2.52. The van der Waals surface area contributed by atoms with Crippen molar-refractivity contribution in [2.45, 2.75) is 37.0 Å². The van der Waals surface area contributed by atoms with Gasteiger partial charge in [-0.2, -0.15) is 9.97 Å². The van der Waals surface area contributed by atoms with Gasteiger partial charge in [-0.15, -0.1) is 0 Å². The maximum Gasteiger partial charge on any atom is 0.239 e. The highest BCUT2D eigenvalue weighted by molar-refractivity contribution is 9.10. The summed E-state index contributed by atoms with van der Waals surface area (Å²) in [5, 5.41) is 7.48. The molecule has 1 aliphatic carbocycles. The van der Waals surface area contributed by atoms with E-state index in [4.69, 9.17) is 14.7 Å². The van der Waals surface area contributed by atoms with E-state index in [0.29, 0.717) is 34.6 Å². The Morgan fingerprint density at radius 3 is 2.41 bits per heavy atom. The van der Waals surface area contributed by atoms with Gasteiger partial charge >= 0.3 is 0 Å². The topological polar surface area (TPSA) is 111 Å². The average Bonchev–Trinajstić information content (AvgIpc) is 3.90. The molecule has 12 nitrogen and oxygen atoms in total. The number of piperazine rings is 1. The van der Waals surface area contributed by atoms with E-state index in [2.05, 4.69) is 80.7 Å². The number of nitrogens with one attached hydrogen (secondary N) is 2. The lowest BCUT2D eigenvalue weighted by atomic mass is 10.0. The Morgan fingerprint density at radius 1 is 0.891 bits per heavy atom. The number of anilines is 6. The lowest BCUT2D eigenvalue weighted by Gasteiger charge is -2.42. The molecule has 2 N–H and O–H groups in total. The molecule has 1 saturated carbocycles. The van der Waals surface area contributed by atoms with Crippen molar-refractivity contribution in [1.29, 1.82) is 0 Å². The number of piperidine rings is 1. The van der Waals surface area contributed by atoms with Crippen molar-refractivity contribution >= 4 is 73.6 Å². The van der Waals surface area contributed by atoms with E-state index >= 15 is 0 Å². The van der Waals surface area contributed by atoms with Crippen LogP contribution in [-0.4, -0.2) is 106 Å². The summed E-state index contributed by atoms with van der Waals surface area (Å²) in [5.41, 5.74) is 4.24. The number of aromatic nitrogens is 5. The van der Waals surface area contributed by atoms with Crippen LogP contribution >= 0.6 is 27.9 Å². The highest BCUT2D eigenvalue weighted by atomic mass is 79.9. The number of likely N-dealkylation sites (N-methyl/N-ethyl adjacent to an activating group) is 1. The number of rotatable bonds is 10. The van der Waals surface area contributed by atoms with Gasteiger partial charge in [-0.25, -0.2) is 4.98 Å². The van der Waals surface area contributed by atoms with Crippen molar-refractivity contribution in [3.63, 3.8) is 0 Å². The Balaban J connectivity index is 1.06. The van der Waals surface area contributed by atoms with E-state index in [9.17, 15) is 0 Å². The molecule has 14 heteroatoms. The normalized spacial score (nSPS) is 18.1. The third kappa shape index (κ3) is 6.94. The molecule has 3 aromatic heterocycles. The van der Waals surface area contributed by atoms with E-state index in [1.165, 1.54) is 12.8 Å². The first kappa shape index (κ1) is 31.2. The van der Waals surface area contributed by atoms with Crippen LogP contribution in [0.25, 0.3) is 11.0 Å². The van der Waals surface area contributed by atoms with E-state index < -0.39 is 0 Å². The molecule has 7 rings (SSSR count). The standard InChI is InChI=1S/C32H40BrN11OS/c1-41-16-18-43(19-17-41)21-10-14-44(15-11-21)27-9-8-26(31(39-27)45-3)38-32-36-20-23(33)30(40-32)37-25-7-6-24-28(35-13-12-34-24)29(25)42(2)46-22-4-5-22/h6-9,12-13,20-22H,4-5,10-11,14-19H2,1-3H3,(H2,36,37,38,40). The van der Waals surface area contributed by atoms with Crippen LogP contribution in [0.1, 0.15) is 25.7 Å². The minimum absolute atomic E-state index is 0.425. The SMILES string of the molecule is COc1nc(N2CCC(N3CCN(C)CC3)CC2)ccc1Nc1ncc(Br)c(Nc2ccc3nccnc3c2N(C)SC2CC2)n1. The molecule has 0 bridgehead atoms. The molecule has 2 aliphatic heterocycles. The van der Waals surface area contributed by atoms with Crippen LogP contribution in [0.5, 0.6) is 5.88 Å². The molecule has 2 saturated heterocycles. The van der Waals surface area contributed by atoms with Gasteiger partial charge in [0.15, 0.2) is 0 Å². The summed E-state index contributed by atoms with van der Waals surface area (Å²) in [6, 6.07) is 8.70. The summed E-state index contributed by atoms with van der Waals surface area (Å²) in [6.45, 7) is 6.62. The number of halogens is 1. The average molecular weight is 707 g/mol. The first-order valence-electron chi connectivity index (χ1n) is 15.9. The number of pyridine rings is 1. The molecule has 3 aliphatic rings. The van der Waals surface area contributed by atoms with E-state index in [1.807, 2.05) is 30.1 Å².